The molecule has 1 N–H and O–H groups in total. The second kappa shape index (κ2) is 21.7. The average Bonchev–Trinajstić information content (AvgIpc) is 2.85. The Morgan fingerprint density at radius 2 is 1.29 bits per heavy atom. The molecule has 34 heavy (non-hydrogen) atoms. The molecule has 0 fully saturated rings. The molecule has 6 nitrogen and oxygen atoms in total. The minimum Gasteiger partial charge on any atom is -0.465 e. The van der Waals surface area contributed by atoms with Gasteiger partial charge in [0.25, 0.3) is 0 Å². The van der Waals surface area contributed by atoms with Crippen molar-refractivity contribution in [2.75, 3.05) is 55.9 Å². The molecule has 0 aliphatic heterocycles. The summed E-state index contributed by atoms with van der Waals surface area (Å²) in [5.74, 6) is 3.21. The van der Waals surface area contributed by atoms with Crippen LogP contribution in [0.25, 0.3) is 0 Å². The van der Waals surface area contributed by atoms with Gasteiger partial charge in [-0.1, -0.05) is 87.4 Å². The van der Waals surface area contributed by atoms with Gasteiger partial charge in [0, 0.05) is 42.6 Å². The molecule has 0 bridgehead atoms. The smallest absolute Gasteiger partial charge is 0.307 e. The quantitative estimate of drug-likeness (QED) is 0.121. The Morgan fingerprint density at radius 1 is 0.824 bits per heavy atom. The summed E-state index contributed by atoms with van der Waals surface area (Å²) in [5, 5.41) is 10.6. The molecule has 0 saturated heterocycles. The lowest BCUT2D eigenvalue weighted by Crippen LogP contribution is -2.33. The van der Waals surface area contributed by atoms with Gasteiger partial charge >= 0.3 is 11.9 Å². The molecule has 10 heteroatoms. The normalized spacial score (nSPS) is 12.0. The molecule has 0 heterocycles. The first-order chi connectivity index (χ1) is 16.6. The molecule has 1 aromatic rings. The molecule has 1 unspecified atom stereocenters. The van der Waals surface area contributed by atoms with Crippen LogP contribution in [0, 0.1) is 0 Å². The van der Waals surface area contributed by atoms with Crippen LogP contribution in [0.4, 0.5) is 0 Å². The van der Waals surface area contributed by atoms with Crippen molar-refractivity contribution in [2.45, 2.75) is 45.6 Å². The van der Waals surface area contributed by atoms with Crippen molar-refractivity contribution >= 4 is 55.1 Å². The maximum absolute atomic E-state index is 12.2. The highest BCUT2D eigenvalue weighted by Crippen LogP contribution is 2.22. The van der Waals surface area contributed by atoms with E-state index in [1.54, 1.807) is 43.2 Å². The molecule has 0 radical (unpaired) electrons. The standard InChI is InChI=1S/C24H39NO5S4/c1-3-16-31-33-18-14-29-23(27)10-12-25(20-22(26)21-8-6-5-7-9-21)13-11-24(28)30-15-19-34-32-17-4-2/h5-9,22,26H,3-4,10-20H2,1-2H3. The van der Waals surface area contributed by atoms with Crippen LogP contribution >= 0.6 is 43.2 Å². The van der Waals surface area contributed by atoms with E-state index in [0.717, 1.165) is 41.4 Å². The first-order valence-corrected chi connectivity index (χ1v) is 16.8. The minimum absolute atomic E-state index is 0.217. The summed E-state index contributed by atoms with van der Waals surface area (Å²) in [5.41, 5.74) is 0.806. The lowest BCUT2D eigenvalue weighted by atomic mass is 10.1. The van der Waals surface area contributed by atoms with E-state index < -0.39 is 6.10 Å². The van der Waals surface area contributed by atoms with Crippen LogP contribution in [0.3, 0.4) is 0 Å². The van der Waals surface area contributed by atoms with Crippen LogP contribution in [-0.4, -0.2) is 77.8 Å². The first-order valence-electron chi connectivity index (χ1n) is 11.8. The topological polar surface area (TPSA) is 76.1 Å². The Balaban J connectivity index is 2.42. The number of rotatable bonds is 21. The number of aliphatic hydroxyl groups is 1. The number of carbonyl (C=O) groups excluding carboxylic acids is 2. The van der Waals surface area contributed by atoms with Crippen molar-refractivity contribution in [3.8, 4) is 0 Å². The molecule has 0 aliphatic rings. The predicted octanol–water partition coefficient (Wildman–Crippen LogP) is 5.47. The van der Waals surface area contributed by atoms with Gasteiger partial charge in [-0.25, -0.2) is 0 Å². The van der Waals surface area contributed by atoms with E-state index in [9.17, 15) is 14.7 Å². The first kappa shape index (κ1) is 31.5. The molecule has 0 aromatic heterocycles. The second-order valence-electron chi connectivity index (χ2n) is 7.46. The van der Waals surface area contributed by atoms with Gasteiger partial charge in [-0.2, -0.15) is 0 Å². The van der Waals surface area contributed by atoms with E-state index in [2.05, 4.69) is 13.8 Å². The van der Waals surface area contributed by atoms with Crippen LogP contribution in [0.1, 0.15) is 51.2 Å². The van der Waals surface area contributed by atoms with Crippen molar-refractivity contribution in [3.05, 3.63) is 35.9 Å². The zero-order chi connectivity index (χ0) is 24.9. The summed E-state index contributed by atoms with van der Waals surface area (Å²) < 4.78 is 10.6. The summed E-state index contributed by atoms with van der Waals surface area (Å²) in [4.78, 5) is 26.2. The summed E-state index contributed by atoms with van der Waals surface area (Å²) in [6, 6.07) is 9.40. The summed E-state index contributed by atoms with van der Waals surface area (Å²) >= 11 is 0. The molecule has 1 atom stereocenters. The molecule has 0 spiro atoms. The predicted molar refractivity (Wildman–Crippen MR) is 149 cm³/mol. The van der Waals surface area contributed by atoms with Gasteiger partial charge < -0.3 is 14.6 Å². The third kappa shape index (κ3) is 17.0. The third-order valence-corrected chi connectivity index (χ3v) is 9.63. The van der Waals surface area contributed by atoms with E-state index in [0.29, 0.717) is 32.8 Å². The van der Waals surface area contributed by atoms with Crippen molar-refractivity contribution in [1.82, 2.24) is 4.90 Å². The number of carbonyl (C=O) groups is 2. The number of hydrogen-bond donors (Lipinski definition) is 1. The lowest BCUT2D eigenvalue weighted by molar-refractivity contribution is -0.143. The molecule has 1 aromatic carbocycles. The fourth-order valence-electron chi connectivity index (χ4n) is 2.74. The maximum atomic E-state index is 12.2. The van der Waals surface area contributed by atoms with Crippen LogP contribution in [0.2, 0.25) is 0 Å². The second-order valence-corrected chi connectivity index (χ2v) is 12.9. The SMILES string of the molecule is CCCSSCCOC(=O)CCN(CCC(=O)OCCSSCCC)CC(O)c1ccccc1. The summed E-state index contributed by atoms with van der Waals surface area (Å²) in [6.07, 6.45) is 2.00. The number of nitrogens with zero attached hydrogens (tertiary/aromatic N) is 1. The molecule has 1 rings (SSSR count). The van der Waals surface area contributed by atoms with Crippen LogP contribution in [0.15, 0.2) is 30.3 Å². The highest BCUT2D eigenvalue weighted by atomic mass is 33.1. The lowest BCUT2D eigenvalue weighted by Gasteiger charge is -2.24. The number of esters is 2. The molecular formula is C24H39NO5S4. The number of aliphatic hydroxyl groups excluding tert-OH is 1. The zero-order valence-electron chi connectivity index (χ0n) is 20.3. The van der Waals surface area contributed by atoms with E-state index in [-0.39, 0.29) is 24.8 Å². The Bertz CT molecular complexity index is 622. The molecule has 0 saturated carbocycles. The van der Waals surface area contributed by atoms with Gasteiger partial charge in [0.15, 0.2) is 0 Å². The Morgan fingerprint density at radius 3 is 1.76 bits per heavy atom. The van der Waals surface area contributed by atoms with E-state index in [4.69, 9.17) is 9.47 Å². The van der Waals surface area contributed by atoms with Crippen molar-refractivity contribution in [3.63, 3.8) is 0 Å². The highest BCUT2D eigenvalue weighted by molar-refractivity contribution is 8.77. The fourth-order valence-corrected chi connectivity index (χ4v) is 6.67. The van der Waals surface area contributed by atoms with Gasteiger partial charge in [-0.05, 0) is 18.4 Å². The fraction of sp³-hybridized carbons (Fsp3) is 0.667. The highest BCUT2D eigenvalue weighted by Gasteiger charge is 2.17. The van der Waals surface area contributed by atoms with Gasteiger partial charge in [-0.15, -0.1) is 0 Å². The molecule has 194 valence electrons. The van der Waals surface area contributed by atoms with Crippen molar-refractivity contribution < 1.29 is 24.2 Å². The van der Waals surface area contributed by atoms with Gasteiger partial charge in [0.1, 0.15) is 13.2 Å². The number of benzene rings is 1. The van der Waals surface area contributed by atoms with E-state index >= 15 is 0 Å². The van der Waals surface area contributed by atoms with Crippen molar-refractivity contribution in [1.29, 1.82) is 0 Å². The third-order valence-electron chi connectivity index (χ3n) is 4.48. The zero-order valence-corrected chi connectivity index (χ0v) is 23.6. The van der Waals surface area contributed by atoms with Gasteiger partial charge in [-0.3, -0.25) is 14.5 Å². The Hall–Kier alpha value is -0.520. The summed E-state index contributed by atoms with van der Waals surface area (Å²) in [6.45, 7) is 6.23. The van der Waals surface area contributed by atoms with Crippen LogP contribution in [0.5, 0.6) is 0 Å². The van der Waals surface area contributed by atoms with Crippen LogP contribution < -0.4 is 0 Å². The monoisotopic (exact) mass is 549 g/mol. The van der Waals surface area contributed by atoms with Gasteiger partial charge in [0.2, 0.25) is 0 Å². The summed E-state index contributed by atoms with van der Waals surface area (Å²) in [7, 11) is 7.01. The van der Waals surface area contributed by atoms with Crippen molar-refractivity contribution in [2.24, 2.45) is 0 Å². The van der Waals surface area contributed by atoms with Crippen LogP contribution in [-0.2, 0) is 19.1 Å². The largest absolute Gasteiger partial charge is 0.465 e. The molecular weight excluding hydrogens is 511 g/mol. The van der Waals surface area contributed by atoms with Gasteiger partial charge in [0.05, 0.1) is 18.9 Å². The molecule has 0 amide bonds. The average molecular weight is 550 g/mol. The number of ether oxygens (including phenoxy) is 2. The minimum atomic E-state index is -0.702. The Kier molecular flexibility index (Phi) is 20.1. The maximum Gasteiger partial charge on any atom is 0.307 e. The number of hydrogen-bond acceptors (Lipinski definition) is 10. The van der Waals surface area contributed by atoms with E-state index in [1.807, 2.05) is 35.2 Å². The Labute approximate surface area is 220 Å². The molecule has 0 aliphatic carbocycles. The van der Waals surface area contributed by atoms with E-state index in [1.165, 1.54) is 0 Å².